The van der Waals surface area contributed by atoms with Gasteiger partial charge in [-0.15, -0.1) is 5.10 Å². The first-order valence-electron chi connectivity index (χ1n) is 8.80. The summed E-state index contributed by atoms with van der Waals surface area (Å²) in [5.41, 5.74) is 1.66. The maximum atomic E-state index is 14.0. The molecule has 7 heteroatoms. The van der Waals surface area contributed by atoms with Gasteiger partial charge in [-0.05, 0) is 36.3 Å². The van der Waals surface area contributed by atoms with E-state index >= 15 is 0 Å². The van der Waals surface area contributed by atoms with Crippen molar-refractivity contribution in [2.75, 3.05) is 6.54 Å². The standard InChI is InChI=1S/C19H22F3N3S/c1-11(2)14-6-4-3-5-12(14)9-10-25(13-7-8-13)19(26)15-16(17(20)21)23-24-18(15)22/h3-6,11,13,17H,7-10H2,1-2H3,(H,23,24). The number of aromatic amines is 1. The number of nitrogens with one attached hydrogen (secondary N) is 1. The van der Waals surface area contributed by atoms with E-state index < -0.39 is 18.1 Å². The van der Waals surface area contributed by atoms with Crippen LogP contribution in [-0.2, 0) is 6.42 Å². The smallest absolute Gasteiger partial charge is 0.280 e. The fraction of sp³-hybridized carbons (Fsp3) is 0.474. The Hall–Kier alpha value is -1.89. The number of halogens is 3. The molecule has 0 bridgehead atoms. The van der Waals surface area contributed by atoms with E-state index in [0.717, 1.165) is 19.3 Å². The van der Waals surface area contributed by atoms with Crippen molar-refractivity contribution in [2.24, 2.45) is 0 Å². The van der Waals surface area contributed by atoms with E-state index in [9.17, 15) is 13.2 Å². The van der Waals surface area contributed by atoms with Crippen LogP contribution in [0, 0.1) is 5.95 Å². The molecule has 0 aliphatic heterocycles. The minimum Gasteiger partial charge on any atom is -0.359 e. The topological polar surface area (TPSA) is 31.9 Å². The Bertz CT molecular complexity index is 784. The Balaban J connectivity index is 1.81. The Morgan fingerprint density at radius 1 is 1.31 bits per heavy atom. The van der Waals surface area contributed by atoms with Gasteiger partial charge in [-0.25, -0.2) is 8.78 Å². The van der Waals surface area contributed by atoms with Crippen LogP contribution in [0.5, 0.6) is 0 Å². The summed E-state index contributed by atoms with van der Waals surface area (Å²) in [5, 5.41) is 5.37. The second-order valence-corrected chi connectivity index (χ2v) is 7.32. The van der Waals surface area contributed by atoms with Crippen LogP contribution in [0.2, 0.25) is 0 Å². The summed E-state index contributed by atoms with van der Waals surface area (Å²) < 4.78 is 40.3. The fourth-order valence-electron chi connectivity index (χ4n) is 3.24. The third-order valence-electron chi connectivity index (χ3n) is 4.73. The molecule has 1 aromatic heterocycles. The second kappa shape index (κ2) is 7.78. The average Bonchev–Trinajstić information content (AvgIpc) is 3.36. The van der Waals surface area contributed by atoms with Gasteiger partial charge in [0, 0.05) is 12.6 Å². The zero-order valence-corrected chi connectivity index (χ0v) is 15.6. The molecular formula is C19H22F3N3S. The van der Waals surface area contributed by atoms with Crippen LogP contribution in [-0.4, -0.2) is 32.7 Å². The normalized spacial score (nSPS) is 14.3. The fourth-order valence-corrected chi connectivity index (χ4v) is 3.67. The maximum absolute atomic E-state index is 14.0. The number of alkyl halides is 2. The van der Waals surface area contributed by atoms with Crippen molar-refractivity contribution in [3.8, 4) is 0 Å². The highest BCUT2D eigenvalue weighted by Crippen LogP contribution is 2.32. The number of nitrogens with zero attached hydrogens (tertiary/aromatic N) is 2. The first-order valence-corrected chi connectivity index (χ1v) is 9.21. The van der Waals surface area contributed by atoms with E-state index in [0.29, 0.717) is 12.5 Å². The van der Waals surface area contributed by atoms with Gasteiger partial charge >= 0.3 is 0 Å². The molecule has 2 aromatic rings. The van der Waals surface area contributed by atoms with Crippen LogP contribution in [0.4, 0.5) is 13.2 Å². The lowest BCUT2D eigenvalue weighted by Crippen LogP contribution is -2.35. The van der Waals surface area contributed by atoms with Gasteiger partial charge in [-0.3, -0.25) is 5.10 Å². The first-order chi connectivity index (χ1) is 12.4. The third-order valence-corrected chi connectivity index (χ3v) is 5.17. The largest absolute Gasteiger partial charge is 0.359 e. The van der Waals surface area contributed by atoms with Crippen molar-refractivity contribution in [3.63, 3.8) is 0 Å². The zero-order chi connectivity index (χ0) is 18.8. The average molecular weight is 381 g/mol. The molecule has 0 saturated heterocycles. The predicted molar refractivity (Wildman–Crippen MR) is 99.2 cm³/mol. The lowest BCUT2D eigenvalue weighted by molar-refractivity contribution is 0.145. The second-order valence-electron chi connectivity index (χ2n) is 6.94. The molecule has 1 aliphatic rings. The minimum atomic E-state index is -2.84. The molecule has 0 radical (unpaired) electrons. The molecule has 1 heterocycles. The summed E-state index contributed by atoms with van der Waals surface area (Å²) in [6.07, 6.45) is -0.234. The zero-order valence-electron chi connectivity index (χ0n) is 14.8. The van der Waals surface area contributed by atoms with Gasteiger partial charge in [0.05, 0.1) is 5.56 Å². The van der Waals surface area contributed by atoms with E-state index in [1.165, 1.54) is 11.1 Å². The van der Waals surface area contributed by atoms with E-state index in [-0.39, 0.29) is 16.6 Å². The van der Waals surface area contributed by atoms with Gasteiger partial charge in [0.2, 0.25) is 5.95 Å². The SMILES string of the molecule is CC(C)c1ccccc1CCN(C(=S)c1c(F)n[nH]c1C(F)F)C1CC1. The molecule has 1 N–H and O–H groups in total. The molecule has 3 rings (SSSR count). The van der Waals surface area contributed by atoms with E-state index in [1.54, 1.807) is 0 Å². The molecule has 1 aliphatic carbocycles. The molecule has 0 unspecified atom stereocenters. The lowest BCUT2D eigenvalue weighted by atomic mass is 9.95. The van der Waals surface area contributed by atoms with Crippen LogP contribution in [0.1, 0.15) is 61.4 Å². The van der Waals surface area contributed by atoms with Crippen molar-refractivity contribution in [2.45, 2.75) is 51.5 Å². The third kappa shape index (κ3) is 3.92. The van der Waals surface area contributed by atoms with E-state index in [2.05, 4.69) is 36.2 Å². The van der Waals surface area contributed by atoms with Crippen molar-refractivity contribution in [1.29, 1.82) is 0 Å². The highest BCUT2D eigenvalue weighted by Gasteiger charge is 2.34. The Morgan fingerprint density at radius 3 is 2.62 bits per heavy atom. The number of aromatic nitrogens is 2. The van der Waals surface area contributed by atoms with Crippen molar-refractivity contribution >= 4 is 17.2 Å². The molecule has 26 heavy (non-hydrogen) atoms. The number of rotatable bonds is 7. The van der Waals surface area contributed by atoms with Crippen LogP contribution in [0.3, 0.4) is 0 Å². The van der Waals surface area contributed by atoms with Gasteiger partial charge in [0.25, 0.3) is 6.43 Å². The van der Waals surface area contributed by atoms with Gasteiger partial charge in [0.15, 0.2) is 0 Å². The predicted octanol–water partition coefficient (Wildman–Crippen LogP) is 4.99. The van der Waals surface area contributed by atoms with E-state index in [4.69, 9.17) is 12.2 Å². The van der Waals surface area contributed by atoms with E-state index in [1.807, 2.05) is 17.0 Å². The monoisotopic (exact) mass is 381 g/mol. The van der Waals surface area contributed by atoms with Gasteiger partial charge in [-0.2, -0.15) is 4.39 Å². The molecule has 0 atom stereocenters. The Morgan fingerprint density at radius 2 is 2.00 bits per heavy atom. The molecule has 140 valence electrons. The quantitative estimate of drug-likeness (QED) is 0.686. The molecule has 0 spiro atoms. The lowest BCUT2D eigenvalue weighted by Gasteiger charge is -2.26. The van der Waals surface area contributed by atoms with Crippen LogP contribution in [0.25, 0.3) is 0 Å². The maximum Gasteiger partial charge on any atom is 0.280 e. The van der Waals surface area contributed by atoms with Crippen molar-refractivity contribution < 1.29 is 13.2 Å². The number of hydrogen-bond acceptors (Lipinski definition) is 2. The summed E-state index contributed by atoms with van der Waals surface area (Å²) >= 11 is 5.40. The summed E-state index contributed by atoms with van der Waals surface area (Å²) in [5.74, 6) is -0.567. The Labute approximate surface area is 156 Å². The first kappa shape index (κ1) is 18.9. The van der Waals surface area contributed by atoms with Crippen molar-refractivity contribution in [1.82, 2.24) is 15.1 Å². The number of thiocarbonyl (C=S) groups is 1. The van der Waals surface area contributed by atoms with Gasteiger partial charge < -0.3 is 4.90 Å². The summed E-state index contributed by atoms with van der Waals surface area (Å²) in [6.45, 7) is 4.84. The number of hydrogen-bond donors (Lipinski definition) is 1. The molecular weight excluding hydrogens is 359 g/mol. The highest BCUT2D eigenvalue weighted by atomic mass is 32.1. The summed E-state index contributed by atoms with van der Waals surface area (Å²) in [6, 6.07) is 8.37. The molecule has 1 aromatic carbocycles. The van der Waals surface area contributed by atoms with Crippen LogP contribution >= 0.6 is 12.2 Å². The van der Waals surface area contributed by atoms with Gasteiger partial charge in [0.1, 0.15) is 10.7 Å². The minimum absolute atomic E-state index is 0.121. The van der Waals surface area contributed by atoms with Crippen LogP contribution in [0.15, 0.2) is 24.3 Å². The number of benzene rings is 1. The Kier molecular flexibility index (Phi) is 5.65. The van der Waals surface area contributed by atoms with Crippen molar-refractivity contribution in [3.05, 3.63) is 52.6 Å². The number of H-pyrrole nitrogens is 1. The summed E-state index contributed by atoms with van der Waals surface area (Å²) in [7, 11) is 0. The van der Waals surface area contributed by atoms with Crippen LogP contribution < -0.4 is 0 Å². The molecule has 1 saturated carbocycles. The molecule has 1 fully saturated rings. The highest BCUT2D eigenvalue weighted by molar-refractivity contribution is 7.80. The summed E-state index contributed by atoms with van der Waals surface area (Å²) in [4.78, 5) is 2.00. The molecule has 0 amide bonds. The van der Waals surface area contributed by atoms with Gasteiger partial charge in [-0.1, -0.05) is 50.3 Å². The molecule has 3 nitrogen and oxygen atoms in total.